The van der Waals surface area contributed by atoms with Gasteiger partial charge in [-0.05, 0) is 23.3 Å². The number of thioether (sulfide) groups is 2. The fourth-order valence-electron chi connectivity index (χ4n) is 3.40. The summed E-state index contributed by atoms with van der Waals surface area (Å²) >= 11 is 15.2. The molecule has 188 valence electrons. The van der Waals surface area contributed by atoms with Crippen LogP contribution in [0.3, 0.4) is 0 Å². The molecule has 0 saturated heterocycles. The Labute approximate surface area is 229 Å². The highest BCUT2D eigenvalue weighted by Gasteiger charge is 2.25. The van der Waals surface area contributed by atoms with Crippen LogP contribution < -0.4 is 10.6 Å². The molecule has 0 spiro atoms. The Balaban J connectivity index is 0.000000201. The van der Waals surface area contributed by atoms with E-state index in [-0.39, 0.29) is 23.9 Å². The van der Waals surface area contributed by atoms with Crippen molar-refractivity contribution in [2.45, 2.75) is 24.9 Å². The maximum absolute atomic E-state index is 11.7. The molecule has 0 bridgehead atoms. The minimum atomic E-state index is -0.195. The van der Waals surface area contributed by atoms with E-state index in [1.165, 1.54) is 23.5 Å². The third kappa shape index (κ3) is 8.27. The van der Waals surface area contributed by atoms with Gasteiger partial charge in [-0.1, -0.05) is 95.3 Å². The highest BCUT2D eigenvalue weighted by Crippen LogP contribution is 2.32. The maximum atomic E-state index is 11.7. The first-order chi connectivity index (χ1) is 17.4. The predicted octanol–water partition coefficient (Wildman–Crippen LogP) is 6.35. The van der Waals surface area contributed by atoms with Gasteiger partial charge in [0.25, 0.3) is 0 Å². The van der Waals surface area contributed by atoms with Crippen LogP contribution in [0.1, 0.15) is 36.1 Å². The number of amides is 2. The van der Waals surface area contributed by atoms with Crippen molar-refractivity contribution in [3.05, 3.63) is 95.0 Å². The Morgan fingerprint density at radius 3 is 1.53 bits per heavy atom. The van der Waals surface area contributed by atoms with Crippen LogP contribution in [0.25, 0.3) is 0 Å². The molecule has 2 heterocycles. The van der Waals surface area contributed by atoms with Gasteiger partial charge >= 0.3 is 0 Å². The SMILES string of the molecule is C=CCSC1=N[C@@H](c2ccccc2Cl)CC(=O)N1.C=CCSC1=N[C@@H](c2ccccc2Cl)CC(=O)N1. The topological polar surface area (TPSA) is 82.9 Å². The lowest BCUT2D eigenvalue weighted by Crippen LogP contribution is -2.34. The minimum Gasteiger partial charge on any atom is -0.305 e. The van der Waals surface area contributed by atoms with Gasteiger partial charge in [0.2, 0.25) is 11.8 Å². The maximum Gasteiger partial charge on any atom is 0.228 e. The lowest BCUT2D eigenvalue weighted by molar-refractivity contribution is -0.121. The van der Waals surface area contributed by atoms with Gasteiger partial charge in [0.1, 0.15) is 0 Å². The molecular formula is C26H26Cl2N4O2S2. The Morgan fingerprint density at radius 2 is 1.17 bits per heavy atom. The van der Waals surface area contributed by atoms with Gasteiger partial charge in [0.05, 0.1) is 24.9 Å². The second-order valence-electron chi connectivity index (χ2n) is 7.65. The first kappa shape index (κ1) is 28.1. The highest BCUT2D eigenvalue weighted by molar-refractivity contribution is 8.14. The summed E-state index contributed by atoms with van der Waals surface area (Å²) in [6.07, 6.45) is 4.22. The van der Waals surface area contributed by atoms with Crippen LogP contribution in [0.4, 0.5) is 0 Å². The molecule has 2 aliphatic heterocycles. The molecular weight excluding hydrogens is 535 g/mol. The van der Waals surface area contributed by atoms with Crippen molar-refractivity contribution < 1.29 is 9.59 Å². The van der Waals surface area contributed by atoms with Gasteiger partial charge in [-0.25, -0.2) is 0 Å². The zero-order valence-electron chi connectivity index (χ0n) is 19.5. The average molecular weight is 562 g/mol. The fraction of sp³-hybridized carbons (Fsp3) is 0.231. The van der Waals surface area contributed by atoms with Gasteiger partial charge in [0.15, 0.2) is 10.3 Å². The molecule has 0 saturated carbocycles. The van der Waals surface area contributed by atoms with Gasteiger partial charge < -0.3 is 10.6 Å². The zero-order valence-corrected chi connectivity index (χ0v) is 22.6. The quantitative estimate of drug-likeness (QED) is 0.403. The van der Waals surface area contributed by atoms with Crippen molar-refractivity contribution in [2.24, 2.45) is 9.98 Å². The molecule has 2 aromatic rings. The number of nitrogens with zero attached hydrogens (tertiary/aromatic N) is 2. The minimum absolute atomic E-state index is 0.0264. The summed E-state index contributed by atoms with van der Waals surface area (Å²) < 4.78 is 0. The number of halogens is 2. The number of hydrogen-bond donors (Lipinski definition) is 2. The van der Waals surface area contributed by atoms with Crippen molar-refractivity contribution in [1.82, 2.24) is 10.6 Å². The molecule has 6 nitrogen and oxygen atoms in total. The number of rotatable bonds is 6. The first-order valence-electron chi connectivity index (χ1n) is 11.1. The molecule has 2 N–H and O–H groups in total. The van der Waals surface area contributed by atoms with E-state index in [9.17, 15) is 9.59 Å². The fourth-order valence-corrected chi connectivity index (χ4v) is 5.25. The van der Waals surface area contributed by atoms with Crippen LogP contribution in [0.15, 0.2) is 83.8 Å². The summed E-state index contributed by atoms with van der Waals surface area (Å²) in [4.78, 5) is 32.3. The number of carbonyl (C=O) groups excluding carboxylic acids is 2. The van der Waals surface area contributed by atoms with Gasteiger partial charge in [-0.2, -0.15) is 0 Å². The number of hydrogen-bond acceptors (Lipinski definition) is 6. The van der Waals surface area contributed by atoms with Crippen molar-refractivity contribution >= 4 is 68.9 Å². The second-order valence-corrected chi connectivity index (χ2v) is 10.5. The van der Waals surface area contributed by atoms with Crippen LogP contribution in [-0.4, -0.2) is 33.7 Å². The van der Waals surface area contributed by atoms with Crippen LogP contribution >= 0.6 is 46.7 Å². The molecule has 0 fully saturated rings. The second kappa shape index (κ2) is 14.3. The Hall–Kier alpha value is -2.52. The van der Waals surface area contributed by atoms with Crippen molar-refractivity contribution in [1.29, 1.82) is 0 Å². The van der Waals surface area contributed by atoms with E-state index in [0.29, 0.717) is 44.7 Å². The largest absolute Gasteiger partial charge is 0.305 e. The molecule has 0 radical (unpaired) electrons. The van der Waals surface area contributed by atoms with Crippen LogP contribution in [0, 0.1) is 0 Å². The summed E-state index contributed by atoms with van der Waals surface area (Å²) in [6.45, 7) is 7.29. The molecule has 4 rings (SSSR count). The van der Waals surface area contributed by atoms with Crippen LogP contribution in [0.5, 0.6) is 0 Å². The number of aliphatic imine (C=N–C) groups is 2. The molecule has 36 heavy (non-hydrogen) atoms. The Kier molecular flexibility index (Phi) is 11.1. The summed E-state index contributed by atoms with van der Waals surface area (Å²) in [7, 11) is 0. The van der Waals surface area contributed by atoms with Crippen LogP contribution in [0.2, 0.25) is 10.0 Å². The number of benzene rings is 2. The molecule has 0 unspecified atom stereocenters. The third-order valence-corrected chi connectivity index (χ3v) is 7.46. The molecule has 2 aromatic carbocycles. The summed E-state index contributed by atoms with van der Waals surface area (Å²) in [6, 6.07) is 14.6. The normalized spacial score (nSPS) is 19.1. The predicted molar refractivity (Wildman–Crippen MR) is 154 cm³/mol. The molecule has 0 aromatic heterocycles. The molecule has 2 aliphatic rings. The van der Waals surface area contributed by atoms with E-state index in [1.807, 2.05) is 48.5 Å². The lowest BCUT2D eigenvalue weighted by Gasteiger charge is -2.21. The first-order valence-corrected chi connectivity index (χ1v) is 13.9. The van der Waals surface area contributed by atoms with Gasteiger partial charge in [-0.3, -0.25) is 19.6 Å². The Bertz CT molecular complexity index is 1090. The third-order valence-electron chi connectivity index (χ3n) is 5.00. The standard InChI is InChI=1S/2C13H13ClN2OS/c2*1-2-7-18-13-15-11(8-12(17)16-13)9-5-3-4-6-10(9)14/h2*2-6,11H,1,7-8H2,(H,15,16,17)/t2*11-/m11/s1. The smallest absolute Gasteiger partial charge is 0.228 e. The monoisotopic (exact) mass is 560 g/mol. The number of carbonyl (C=O) groups is 2. The summed E-state index contributed by atoms with van der Waals surface area (Å²) in [5.41, 5.74) is 1.79. The summed E-state index contributed by atoms with van der Waals surface area (Å²) in [5.74, 6) is 1.38. The zero-order chi connectivity index (χ0) is 25.9. The van der Waals surface area contributed by atoms with Gasteiger partial charge in [-0.15, -0.1) is 13.2 Å². The number of amidine groups is 2. The van der Waals surface area contributed by atoms with Crippen molar-refractivity contribution in [3.8, 4) is 0 Å². The van der Waals surface area contributed by atoms with Crippen molar-refractivity contribution in [2.75, 3.05) is 11.5 Å². The van der Waals surface area contributed by atoms with E-state index < -0.39 is 0 Å². The molecule has 0 aliphatic carbocycles. The average Bonchev–Trinajstić information content (AvgIpc) is 2.86. The lowest BCUT2D eigenvalue weighted by atomic mass is 10.0. The molecule has 2 amide bonds. The van der Waals surface area contributed by atoms with E-state index in [1.54, 1.807) is 12.2 Å². The summed E-state index contributed by atoms with van der Waals surface area (Å²) in [5, 5.41) is 8.07. The Morgan fingerprint density at radius 1 is 0.778 bits per heavy atom. The molecule has 2 atom stereocenters. The molecule has 10 heteroatoms. The van der Waals surface area contributed by atoms with Crippen LogP contribution in [-0.2, 0) is 9.59 Å². The van der Waals surface area contributed by atoms with E-state index in [0.717, 1.165) is 11.1 Å². The number of nitrogens with one attached hydrogen (secondary N) is 2. The van der Waals surface area contributed by atoms with E-state index >= 15 is 0 Å². The van der Waals surface area contributed by atoms with Gasteiger partial charge in [0, 0.05) is 21.6 Å². The highest BCUT2D eigenvalue weighted by atomic mass is 35.5. The van der Waals surface area contributed by atoms with E-state index in [4.69, 9.17) is 23.2 Å². The van der Waals surface area contributed by atoms with Crippen molar-refractivity contribution in [3.63, 3.8) is 0 Å². The van der Waals surface area contributed by atoms with E-state index in [2.05, 4.69) is 33.8 Å².